The van der Waals surface area contributed by atoms with Gasteiger partial charge in [-0.15, -0.1) is 0 Å². The Kier molecular flexibility index (Phi) is 6.24. The van der Waals surface area contributed by atoms with Gasteiger partial charge in [0, 0.05) is 0 Å². The van der Waals surface area contributed by atoms with Crippen molar-refractivity contribution >= 4 is 21.5 Å². The van der Waals surface area contributed by atoms with E-state index >= 15 is 0 Å². The van der Waals surface area contributed by atoms with Gasteiger partial charge in [-0.3, -0.25) is 0 Å². The van der Waals surface area contributed by atoms with Crippen LogP contribution in [-0.2, 0) is 0 Å². The average molecular weight is 266 g/mol. The molecule has 0 aliphatic rings. The first-order chi connectivity index (χ1) is 9.74. The second kappa shape index (κ2) is 7.69. The summed E-state index contributed by atoms with van der Waals surface area (Å²) >= 11 is 0. The summed E-state index contributed by atoms with van der Waals surface area (Å²) in [6.07, 6.45) is 0. The number of rotatable bonds is 0. The fraction of sp³-hybridized carbons (Fsp3) is 0.300. The summed E-state index contributed by atoms with van der Waals surface area (Å²) in [5.74, 6) is 0. The molecular formula is C20H26. The van der Waals surface area contributed by atoms with Crippen LogP contribution in [-0.4, -0.2) is 0 Å². The standard InChI is InChI=1S/C16H14.2C2H6/c1-11-3-7-15-13(9-11)5-6-14-10-12(2)4-8-16(14)15;2*1-2/h3-10H,1-2H3;2*1-2H3. The lowest BCUT2D eigenvalue weighted by Crippen LogP contribution is -1.80. The van der Waals surface area contributed by atoms with E-state index in [9.17, 15) is 0 Å². The average Bonchev–Trinajstić information content (AvgIpc) is 2.50. The summed E-state index contributed by atoms with van der Waals surface area (Å²) in [5, 5.41) is 5.36. The highest BCUT2D eigenvalue weighted by Crippen LogP contribution is 2.26. The van der Waals surface area contributed by atoms with Crippen molar-refractivity contribution in [3.8, 4) is 0 Å². The van der Waals surface area contributed by atoms with Gasteiger partial charge < -0.3 is 0 Å². The van der Waals surface area contributed by atoms with Gasteiger partial charge in [0.15, 0.2) is 0 Å². The van der Waals surface area contributed by atoms with Gasteiger partial charge in [0.05, 0.1) is 0 Å². The normalized spacial score (nSPS) is 9.50. The van der Waals surface area contributed by atoms with Gasteiger partial charge in [-0.2, -0.15) is 0 Å². The monoisotopic (exact) mass is 266 g/mol. The van der Waals surface area contributed by atoms with Gasteiger partial charge in [0.2, 0.25) is 0 Å². The Balaban J connectivity index is 0.000000461. The summed E-state index contributed by atoms with van der Waals surface area (Å²) in [6, 6.07) is 17.7. The van der Waals surface area contributed by atoms with E-state index < -0.39 is 0 Å². The molecule has 0 radical (unpaired) electrons. The molecule has 0 aromatic heterocycles. The van der Waals surface area contributed by atoms with Crippen LogP contribution < -0.4 is 0 Å². The maximum atomic E-state index is 2.24. The van der Waals surface area contributed by atoms with E-state index in [4.69, 9.17) is 0 Å². The molecule has 0 saturated heterocycles. The van der Waals surface area contributed by atoms with Crippen molar-refractivity contribution in [2.75, 3.05) is 0 Å². The molecule has 0 aliphatic carbocycles. The molecule has 0 atom stereocenters. The first-order valence-electron chi connectivity index (χ1n) is 7.64. The van der Waals surface area contributed by atoms with E-state index in [-0.39, 0.29) is 0 Å². The van der Waals surface area contributed by atoms with Crippen molar-refractivity contribution in [3.63, 3.8) is 0 Å². The number of benzene rings is 3. The molecule has 20 heavy (non-hydrogen) atoms. The zero-order valence-corrected chi connectivity index (χ0v) is 13.6. The molecule has 106 valence electrons. The Labute approximate surface area is 123 Å². The van der Waals surface area contributed by atoms with E-state index in [1.165, 1.54) is 32.7 Å². The first kappa shape index (κ1) is 16.2. The molecule has 0 fully saturated rings. The van der Waals surface area contributed by atoms with Crippen molar-refractivity contribution in [1.29, 1.82) is 0 Å². The molecule has 0 spiro atoms. The molecule has 3 aromatic rings. The van der Waals surface area contributed by atoms with Crippen LogP contribution in [0.5, 0.6) is 0 Å². The van der Waals surface area contributed by atoms with E-state index in [1.54, 1.807) is 0 Å². The quantitative estimate of drug-likeness (QED) is 0.399. The van der Waals surface area contributed by atoms with Gasteiger partial charge in [0.1, 0.15) is 0 Å². The Morgan fingerprint density at radius 3 is 1.20 bits per heavy atom. The van der Waals surface area contributed by atoms with Crippen LogP contribution in [0.4, 0.5) is 0 Å². The topological polar surface area (TPSA) is 0 Å². The van der Waals surface area contributed by atoms with Crippen LogP contribution in [0.3, 0.4) is 0 Å². The van der Waals surface area contributed by atoms with Crippen LogP contribution in [0, 0.1) is 13.8 Å². The number of hydrogen-bond donors (Lipinski definition) is 0. The highest BCUT2D eigenvalue weighted by Gasteiger charge is 2.00. The summed E-state index contributed by atoms with van der Waals surface area (Å²) < 4.78 is 0. The summed E-state index contributed by atoms with van der Waals surface area (Å²) in [5.41, 5.74) is 2.64. The van der Waals surface area contributed by atoms with Gasteiger partial charge >= 0.3 is 0 Å². The zero-order valence-electron chi connectivity index (χ0n) is 13.6. The molecule has 0 amide bonds. The third kappa shape index (κ3) is 3.39. The lowest BCUT2D eigenvalue weighted by atomic mass is 9.99. The summed E-state index contributed by atoms with van der Waals surface area (Å²) in [4.78, 5) is 0. The fourth-order valence-corrected chi connectivity index (χ4v) is 2.31. The molecule has 0 heteroatoms. The third-order valence-corrected chi connectivity index (χ3v) is 3.15. The molecule has 0 nitrogen and oxygen atoms in total. The molecule has 3 rings (SSSR count). The fourth-order valence-electron chi connectivity index (χ4n) is 2.31. The minimum atomic E-state index is 1.32. The second-order valence-electron chi connectivity index (χ2n) is 4.51. The smallest absolute Gasteiger partial charge is 0.0105 e. The lowest BCUT2D eigenvalue weighted by molar-refractivity contribution is 1.50. The second-order valence-corrected chi connectivity index (χ2v) is 4.51. The van der Waals surface area contributed by atoms with Gasteiger partial charge in [-0.05, 0) is 35.4 Å². The van der Waals surface area contributed by atoms with Crippen molar-refractivity contribution < 1.29 is 0 Å². The van der Waals surface area contributed by atoms with Crippen molar-refractivity contribution in [2.45, 2.75) is 41.5 Å². The van der Waals surface area contributed by atoms with E-state index in [2.05, 4.69) is 62.4 Å². The van der Waals surface area contributed by atoms with Crippen molar-refractivity contribution in [3.05, 3.63) is 59.7 Å². The van der Waals surface area contributed by atoms with E-state index in [0.29, 0.717) is 0 Å². The third-order valence-electron chi connectivity index (χ3n) is 3.15. The largest absolute Gasteiger partial charge is 0.0683 e. The Morgan fingerprint density at radius 2 is 0.850 bits per heavy atom. The minimum Gasteiger partial charge on any atom is -0.0683 e. The summed E-state index contributed by atoms with van der Waals surface area (Å²) in [7, 11) is 0. The zero-order chi connectivity index (χ0) is 15.1. The predicted octanol–water partition coefficient (Wildman–Crippen LogP) is 6.66. The molecule has 0 bridgehead atoms. The van der Waals surface area contributed by atoms with Crippen LogP contribution >= 0.6 is 0 Å². The maximum Gasteiger partial charge on any atom is -0.0105 e. The molecule has 0 unspecified atom stereocenters. The molecule has 3 aromatic carbocycles. The predicted molar refractivity (Wildman–Crippen MR) is 93.6 cm³/mol. The SMILES string of the molecule is CC.CC.Cc1ccc2c(ccc3cc(C)ccc32)c1. The molecule has 0 aliphatic heterocycles. The van der Waals surface area contributed by atoms with Crippen LogP contribution in [0.2, 0.25) is 0 Å². The van der Waals surface area contributed by atoms with Crippen molar-refractivity contribution in [1.82, 2.24) is 0 Å². The van der Waals surface area contributed by atoms with E-state index in [0.717, 1.165) is 0 Å². The molecule has 0 heterocycles. The van der Waals surface area contributed by atoms with Gasteiger partial charge in [-0.1, -0.05) is 87.4 Å². The minimum absolute atomic E-state index is 1.32. The molecule has 0 N–H and O–H groups in total. The number of aryl methyl sites for hydroxylation is 2. The lowest BCUT2D eigenvalue weighted by Gasteiger charge is -2.05. The molecule has 0 saturated carbocycles. The van der Waals surface area contributed by atoms with Crippen LogP contribution in [0.25, 0.3) is 21.5 Å². The highest BCUT2D eigenvalue weighted by molar-refractivity contribution is 6.07. The Hall–Kier alpha value is -1.82. The maximum absolute atomic E-state index is 2.24. The van der Waals surface area contributed by atoms with Crippen LogP contribution in [0.1, 0.15) is 38.8 Å². The van der Waals surface area contributed by atoms with E-state index in [1.807, 2.05) is 27.7 Å². The Bertz CT molecular complexity index is 617. The number of hydrogen-bond acceptors (Lipinski definition) is 0. The summed E-state index contributed by atoms with van der Waals surface area (Å²) in [6.45, 7) is 12.3. The van der Waals surface area contributed by atoms with Crippen LogP contribution in [0.15, 0.2) is 48.5 Å². The van der Waals surface area contributed by atoms with Gasteiger partial charge in [-0.25, -0.2) is 0 Å². The van der Waals surface area contributed by atoms with Crippen molar-refractivity contribution in [2.24, 2.45) is 0 Å². The molecular weight excluding hydrogens is 240 g/mol. The highest BCUT2D eigenvalue weighted by atomic mass is 14.0. The Morgan fingerprint density at radius 1 is 0.500 bits per heavy atom. The first-order valence-corrected chi connectivity index (χ1v) is 7.64. The number of fused-ring (bicyclic) bond motifs is 3. The van der Waals surface area contributed by atoms with Gasteiger partial charge in [0.25, 0.3) is 0 Å².